The number of hydrogen-bond donors (Lipinski definition) is 1. The molecule has 0 saturated carbocycles. The van der Waals surface area contributed by atoms with Crippen molar-refractivity contribution in [2.24, 2.45) is 0 Å². The standard InChI is InChI=1S/C20H18F3N3O3/c1-25(11-13-5-7-16(8-6-13)20(21,22)23)18(28)15-4-2-3-14(9-15)12-26-17(27)10-24-19(26)29/h2-9H,10-12H2,1H3,(H,24,29). The zero-order chi connectivity index (χ0) is 21.2. The smallest absolute Gasteiger partial charge is 0.337 e. The molecule has 0 bridgehead atoms. The Morgan fingerprint density at radius 2 is 1.79 bits per heavy atom. The van der Waals surface area contributed by atoms with E-state index in [2.05, 4.69) is 5.32 Å². The van der Waals surface area contributed by atoms with Crippen LogP contribution in [0, 0.1) is 0 Å². The lowest BCUT2D eigenvalue weighted by Crippen LogP contribution is -2.30. The van der Waals surface area contributed by atoms with Gasteiger partial charge in [-0.3, -0.25) is 14.5 Å². The van der Waals surface area contributed by atoms with Gasteiger partial charge in [-0.2, -0.15) is 13.2 Å². The Bertz CT molecular complexity index is 926. The highest BCUT2D eigenvalue weighted by Gasteiger charge is 2.30. The Hall–Kier alpha value is -3.36. The minimum absolute atomic E-state index is 0.0483. The second kappa shape index (κ2) is 7.94. The van der Waals surface area contributed by atoms with Crippen molar-refractivity contribution in [2.45, 2.75) is 19.3 Å². The van der Waals surface area contributed by atoms with Gasteiger partial charge in [-0.1, -0.05) is 24.3 Å². The van der Waals surface area contributed by atoms with Crippen molar-refractivity contribution >= 4 is 17.8 Å². The van der Waals surface area contributed by atoms with Crippen molar-refractivity contribution in [3.05, 3.63) is 70.8 Å². The summed E-state index contributed by atoms with van der Waals surface area (Å²) in [4.78, 5) is 38.5. The fraction of sp³-hybridized carbons (Fsp3) is 0.250. The minimum Gasteiger partial charge on any atom is -0.337 e. The average molecular weight is 405 g/mol. The summed E-state index contributed by atoms with van der Waals surface area (Å²) in [5, 5.41) is 2.43. The molecule has 1 saturated heterocycles. The molecule has 152 valence electrons. The van der Waals surface area contributed by atoms with E-state index in [-0.39, 0.29) is 31.4 Å². The predicted molar refractivity (Wildman–Crippen MR) is 97.6 cm³/mol. The molecule has 29 heavy (non-hydrogen) atoms. The molecule has 3 rings (SSSR count). The summed E-state index contributed by atoms with van der Waals surface area (Å²) >= 11 is 0. The highest BCUT2D eigenvalue weighted by molar-refractivity contribution is 6.02. The van der Waals surface area contributed by atoms with E-state index in [1.54, 1.807) is 31.3 Å². The number of rotatable bonds is 5. The fourth-order valence-corrected chi connectivity index (χ4v) is 2.97. The molecule has 0 radical (unpaired) electrons. The van der Waals surface area contributed by atoms with Crippen LogP contribution in [0.25, 0.3) is 0 Å². The highest BCUT2D eigenvalue weighted by atomic mass is 19.4. The van der Waals surface area contributed by atoms with Crippen LogP contribution in [0.3, 0.4) is 0 Å². The molecule has 0 atom stereocenters. The first kappa shape index (κ1) is 20.4. The number of halogens is 3. The third-order valence-electron chi connectivity index (χ3n) is 4.50. The number of nitrogens with one attached hydrogen (secondary N) is 1. The molecule has 9 heteroatoms. The molecule has 0 spiro atoms. The van der Waals surface area contributed by atoms with Crippen molar-refractivity contribution in [1.82, 2.24) is 15.1 Å². The molecular weight excluding hydrogens is 387 g/mol. The maximum absolute atomic E-state index is 12.7. The van der Waals surface area contributed by atoms with Gasteiger partial charge < -0.3 is 10.2 Å². The summed E-state index contributed by atoms with van der Waals surface area (Å²) in [7, 11) is 1.55. The second-order valence-electron chi connectivity index (χ2n) is 6.69. The van der Waals surface area contributed by atoms with Crippen molar-refractivity contribution in [3.63, 3.8) is 0 Å². The summed E-state index contributed by atoms with van der Waals surface area (Å²) in [6.07, 6.45) is -4.41. The molecule has 0 aromatic heterocycles. The maximum atomic E-state index is 12.7. The van der Waals surface area contributed by atoms with Crippen molar-refractivity contribution in [2.75, 3.05) is 13.6 Å². The molecule has 4 amide bonds. The zero-order valence-corrected chi connectivity index (χ0v) is 15.5. The average Bonchev–Trinajstić information content (AvgIpc) is 2.99. The summed E-state index contributed by atoms with van der Waals surface area (Å²) < 4.78 is 37.9. The summed E-state index contributed by atoms with van der Waals surface area (Å²) in [5.41, 5.74) is 0.779. The van der Waals surface area contributed by atoms with Crippen LogP contribution in [-0.4, -0.2) is 41.2 Å². The van der Waals surface area contributed by atoms with Gasteiger partial charge in [0, 0.05) is 19.2 Å². The Balaban J connectivity index is 1.68. The maximum Gasteiger partial charge on any atom is 0.416 e. The van der Waals surface area contributed by atoms with Crippen molar-refractivity contribution in [3.8, 4) is 0 Å². The number of carbonyl (C=O) groups is 3. The molecule has 2 aromatic rings. The van der Waals surface area contributed by atoms with Gasteiger partial charge in [0.05, 0.1) is 18.7 Å². The molecule has 2 aromatic carbocycles. The first-order chi connectivity index (χ1) is 13.6. The van der Waals surface area contributed by atoms with E-state index in [9.17, 15) is 27.6 Å². The summed E-state index contributed by atoms with van der Waals surface area (Å²) in [6, 6.07) is 10.7. The fourth-order valence-electron chi connectivity index (χ4n) is 2.97. The van der Waals surface area contributed by atoms with E-state index in [1.165, 1.54) is 17.0 Å². The Morgan fingerprint density at radius 1 is 1.10 bits per heavy atom. The lowest BCUT2D eigenvalue weighted by molar-refractivity contribution is -0.137. The SMILES string of the molecule is CN(Cc1ccc(C(F)(F)F)cc1)C(=O)c1cccc(CN2C(=O)CNC2=O)c1. The van der Waals surface area contributed by atoms with Gasteiger partial charge in [0.15, 0.2) is 0 Å². The molecule has 1 fully saturated rings. The van der Waals surface area contributed by atoms with E-state index >= 15 is 0 Å². The molecule has 1 N–H and O–H groups in total. The third-order valence-corrected chi connectivity index (χ3v) is 4.50. The van der Waals surface area contributed by atoms with Gasteiger partial charge in [0.1, 0.15) is 0 Å². The van der Waals surface area contributed by atoms with Gasteiger partial charge in [-0.25, -0.2) is 4.79 Å². The monoisotopic (exact) mass is 405 g/mol. The second-order valence-corrected chi connectivity index (χ2v) is 6.69. The largest absolute Gasteiger partial charge is 0.416 e. The van der Waals surface area contributed by atoms with Crippen LogP contribution in [0.1, 0.15) is 27.0 Å². The predicted octanol–water partition coefficient (Wildman–Crippen LogP) is 3.03. The van der Waals surface area contributed by atoms with E-state index in [4.69, 9.17) is 0 Å². The number of benzene rings is 2. The van der Waals surface area contributed by atoms with E-state index in [0.717, 1.165) is 17.0 Å². The first-order valence-electron chi connectivity index (χ1n) is 8.74. The number of amides is 4. The first-order valence-corrected chi connectivity index (χ1v) is 8.74. The van der Waals surface area contributed by atoms with E-state index < -0.39 is 17.8 Å². The van der Waals surface area contributed by atoms with Crippen LogP contribution >= 0.6 is 0 Å². The quantitative estimate of drug-likeness (QED) is 0.778. The lowest BCUT2D eigenvalue weighted by atomic mass is 10.1. The van der Waals surface area contributed by atoms with Gasteiger partial charge in [-0.15, -0.1) is 0 Å². The van der Waals surface area contributed by atoms with Crippen LogP contribution in [0.4, 0.5) is 18.0 Å². The number of imide groups is 1. The van der Waals surface area contributed by atoms with Crippen molar-refractivity contribution < 1.29 is 27.6 Å². The topological polar surface area (TPSA) is 69.7 Å². The molecule has 0 unspecified atom stereocenters. The molecule has 1 aliphatic rings. The van der Waals surface area contributed by atoms with E-state index in [0.29, 0.717) is 16.7 Å². The Labute approximate surface area is 164 Å². The van der Waals surface area contributed by atoms with Crippen LogP contribution in [-0.2, 0) is 24.1 Å². The van der Waals surface area contributed by atoms with Gasteiger partial charge in [0.2, 0.25) is 5.91 Å². The molecule has 6 nitrogen and oxygen atoms in total. The number of hydrogen-bond acceptors (Lipinski definition) is 3. The molecule has 0 aliphatic carbocycles. The van der Waals surface area contributed by atoms with Gasteiger partial charge in [-0.05, 0) is 35.4 Å². The third kappa shape index (κ3) is 4.74. The molecular formula is C20H18F3N3O3. The van der Waals surface area contributed by atoms with Crippen LogP contribution in [0.5, 0.6) is 0 Å². The molecule has 1 aliphatic heterocycles. The number of carbonyl (C=O) groups excluding carboxylic acids is 3. The summed E-state index contributed by atoms with van der Waals surface area (Å²) in [5.74, 6) is -0.671. The number of urea groups is 1. The number of alkyl halides is 3. The normalized spacial score (nSPS) is 14.1. The Morgan fingerprint density at radius 3 is 2.38 bits per heavy atom. The molecule has 1 heterocycles. The van der Waals surface area contributed by atoms with Crippen LogP contribution < -0.4 is 5.32 Å². The van der Waals surface area contributed by atoms with Gasteiger partial charge in [0.25, 0.3) is 5.91 Å². The zero-order valence-electron chi connectivity index (χ0n) is 15.5. The highest BCUT2D eigenvalue weighted by Crippen LogP contribution is 2.29. The van der Waals surface area contributed by atoms with Crippen LogP contribution in [0.2, 0.25) is 0 Å². The Kier molecular flexibility index (Phi) is 5.58. The van der Waals surface area contributed by atoms with Crippen molar-refractivity contribution in [1.29, 1.82) is 0 Å². The van der Waals surface area contributed by atoms with Crippen LogP contribution in [0.15, 0.2) is 48.5 Å². The number of nitrogens with zero attached hydrogens (tertiary/aromatic N) is 2. The lowest BCUT2D eigenvalue weighted by Gasteiger charge is -2.19. The minimum atomic E-state index is -4.41. The van der Waals surface area contributed by atoms with E-state index in [1.807, 2.05) is 0 Å². The summed E-state index contributed by atoms with van der Waals surface area (Å²) in [6.45, 7) is 0.135. The van der Waals surface area contributed by atoms with Gasteiger partial charge >= 0.3 is 12.2 Å².